The molecule has 0 N–H and O–H groups in total. The minimum Gasteiger partial charge on any atom is -0.494 e. The van der Waals surface area contributed by atoms with E-state index >= 15 is 0 Å². The van der Waals surface area contributed by atoms with Crippen LogP contribution in [0.3, 0.4) is 0 Å². The van der Waals surface area contributed by atoms with Crippen molar-refractivity contribution in [2.24, 2.45) is 0 Å². The molecule has 0 saturated carbocycles. The second-order valence-corrected chi connectivity index (χ2v) is 9.29. The number of hydrogen-bond acceptors (Lipinski definition) is 6. The second-order valence-electron chi connectivity index (χ2n) is 6.36. The molecule has 0 amide bonds. The molecule has 0 bridgehead atoms. The van der Waals surface area contributed by atoms with Crippen molar-refractivity contribution in [2.75, 3.05) is 26.0 Å². The molecule has 1 aliphatic rings. The monoisotopic (exact) mass is 424 g/mol. The quantitative estimate of drug-likeness (QED) is 0.501. The van der Waals surface area contributed by atoms with Crippen LogP contribution in [0.5, 0.6) is 5.75 Å². The number of nitrogens with zero attached hydrogens (tertiary/aromatic N) is 2. The number of hydrogen-bond donors (Lipinski definition) is 0. The van der Waals surface area contributed by atoms with Gasteiger partial charge in [-0.1, -0.05) is 18.2 Å². The van der Waals surface area contributed by atoms with Gasteiger partial charge < -0.3 is 4.74 Å². The zero-order valence-corrected chi connectivity index (χ0v) is 17.1. The fourth-order valence-corrected chi connectivity index (χ4v) is 5.12. The predicted octanol–water partition coefficient (Wildman–Crippen LogP) is 3.38. The topological polar surface area (TPSA) is 76.6 Å². The lowest BCUT2D eigenvalue weighted by Crippen LogP contribution is -2.35. The molecule has 28 heavy (non-hydrogen) atoms. The van der Waals surface area contributed by atoms with Gasteiger partial charge in [-0.25, -0.2) is 17.8 Å². The Morgan fingerprint density at radius 2 is 1.96 bits per heavy atom. The van der Waals surface area contributed by atoms with Crippen LogP contribution >= 0.6 is 11.8 Å². The molecule has 0 radical (unpaired) electrons. The van der Waals surface area contributed by atoms with Gasteiger partial charge >= 0.3 is 0 Å². The minimum atomic E-state index is -3.52. The number of carbonyl (C=O) groups is 1. The molecule has 9 heteroatoms. The molecule has 0 unspecified atom stereocenters. The first-order chi connectivity index (χ1) is 13.4. The molecule has 3 rings (SSSR count). The van der Waals surface area contributed by atoms with E-state index in [9.17, 15) is 17.6 Å². The standard InChI is InChI=1S/C19H21FN2O4S2/c1-26-18-7-5-14(11-16(18)20)17(23)13-27-19-8-6-15(12-21-19)28(24,25)22-9-3-2-4-10-22/h5-8,11-12H,2-4,9-10,13H2,1H3. The Balaban J connectivity index is 1.63. The molecule has 2 aromatic rings. The van der Waals surface area contributed by atoms with Crippen molar-refractivity contribution in [3.8, 4) is 5.75 Å². The first kappa shape index (κ1) is 20.8. The number of thioether (sulfide) groups is 1. The largest absolute Gasteiger partial charge is 0.494 e. The van der Waals surface area contributed by atoms with Gasteiger partial charge in [-0.05, 0) is 43.2 Å². The average Bonchev–Trinajstić information content (AvgIpc) is 2.73. The first-order valence-electron chi connectivity index (χ1n) is 8.87. The van der Waals surface area contributed by atoms with Gasteiger partial charge in [0.25, 0.3) is 0 Å². The third kappa shape index (κ3) is 4.71. The van der Waals surface area contributed by atoms with Gasteiger partial charge in [0.15, 0.2) is 17.3 Å². The van der Waals surface area contributed by atoms with E-state index in [1.807, 2.05) is 0 Å². The maximum Gasteiger partial charge on any atom is 0.244 e. The molecule has 0 aliphatic carbocycles. The number of piperidine rings is 1. The summed E-state index contributed by atoms with van der Waals surface area (Å²) in [6, 6.07) is 7.15. The second kappa shape index (κ2) is 9.02. The molecular weight excluding hydrogens is 403 g/mol. The Bertz CT molecular complexity index is 943. The summed E-state index contributed by atoms with van der Waals surface area (Å²) >= 11 is 1.17. The highest BCUT2D eigenvalue weighted by Crippen LogP contribution is 2.24. The molecule has 6 nitrogen and oxygen atoms in total. The Morgan fingerprint density at radius 3 is 2.57 bits per heavy atom. The third-order valence-corrected chi connectivity index (χ3v) is 7.31. The highest BCUT2D eigenvalue weighted by Gasteiger charge is 2.26. The number of halogens is 1. The van der Waals surface area contributed by atoms with Crippen molar-refractivity contribution in [1.82, 2.24) is 9.29 Å². The average molecular weight is 425 g/mol. The van der Waals surface area contributed by atoms with Crippen LogP contribution in [0.2, 0.25) is 0 Å². The van der Waals surface area contributed by atoms with Crippen LogP contribution in [-0.4, -0.2) is 49.4 Å². The van der Waals surface area contributed by atoms with E-state index in [1.165, 1.54) is 47.6 Å². The maximum atomic E-state index is 13.7. The minimum absolute atomic E-state index is 0.0665. The number of benzene rings is 1. The number of aromatic nitrogens is 1. The van der Waals surface area contributed by atoms with Crippen LogP contribution in [0.15, 0.2) is 46.5 Å². The smallest absolute Gasteiger partial charge is 0.244 e. The van der Waals surface area contributed by atoms with E-state index < -0.39 is 15.8 Å². The van der Waals surface area contributed by atoms with Gasteiger partial charge in [0.1, 0.15) is 4.90 Å². The van der Waals surface area contributed by atoms with Gasteiger partial charge in [-0.3, -0.25) is 4.79 Å². The Kier molecular flexibility index (Phi) is 6.69. The summed E-state index contributed by atoms with van der Waals surface area (Å²) < 4.78 is 45.3. The van der Waals surface area contributed by atoms with Crippen molar-refractivity contribution < 1.29 is 22.3 Å². The van der Waals surface area contributed by atoms with Gasteiger partial charge in [-0.2, -0.15) is 4.31 Å². The number of methoxy groups -OCH3 is 1. The SMILES string of the molecule is COc1ccc(C(=O)CSc2ccc(S(=O)(=O)N3CCCCC3)cn2)cc1F. The third-order valence-electron chi connectivity index (χ3n) is 4.49. The van der Waals surface area contributed by atoms with Crippen LogP contribution in [-0.2, 0) is 10.0 Å². The van der Waals surface area contributed by atoms with E-state index in [-0.39, 0.29) is 27.7 Å². The molecular formula is C19H21FN2O4S2. The Labute approximate surface area is 168 Å². The van der Waals surface area contributed by atoms with Crippen LogP contribution in [0.4, 0.5) is 4.39 Å². The summed E-state index contributed by atoms with van der Waals surface area (Å²) in [6.07, 6.45) is 4.11. The Hall–Kier alpha value is -1.97. The number of carbonyl (C=O) groups excluding carboxylic acids is 1. The fourth-order valence-electron chi connectivity index (χ4n) is 2.92. The van der Waals surface area contributed by atoms with Crippen molar-refractivity contribution in [2.45, 2.75) is 29.2 Å². The molecule has 1 aliphatic heterocycles. The zero-order valence-electron chi connectivity index (χ0n) is 15.4. The molecule has 2 heterocycles. The summed E-state index contributed by atoms with van der Waals surface area (Å²) in [5, 5.41) is 0.528. The zero-order chi connectivity index (χ0) is 20.1. The van der Waals surface area contributed by atoms with Gasteiger partial charge in [0.2, 0.25) is 10.0 Å². The van der Waals surface area contributed by atoms with Gasteiger partial charge in [-0.15, -0.1) is 0 Å². The summed E-state index contributed by atoms with van der Waals surface area (Å²) in [4.78, 5) is 16.6. The molecule has 1 aromatic heterocycles. The van der Waals surface area contributed by atoms with E-state index in [0.29, 0.717) is 18.1 Å². The maximum absolute atomic E-state index is 13.7. The van der Waals surface area contributed by atoms with Crippen molar-refractivity contribution in [1.29, 1.82) is 0 Å². The van der Waals surface area contributed by atoms with E-state index in [1.54, 1.807) is 6.07 Å². The lowest BCUT2D eigenvalue weighted by Gasteiger charge is -2.25. The van der Waals surface area contributed by atoms with Crippen LogP contribution in [0.1, 0.15) is 29.6 Å². The van der Waals surface area contributed by atoms with Crippen LogP contribution in [0, 0.1) is 5.82 Å². The number of pyridine rings is 1. The highest BCUT2D eigenvalue weighted by molar-refractivity contribution is 7.99. The van der Waals surface area contributed by atoms with Crippen molar-refractivity contribution >= 4 is 27.6 Å². The summed E-state index contributed by atoms with van der Waals surface area (Å²) in [7, 11) is -2.17. The first-order valence-corrected chi connectivity index (χ1v) is 11.3. The van der Waals surface area contributed by atoms with Gasteiger partial charge in [0, 0.05) is 24.8 Å². The summed E-state index contributed by atoms with van der Waals surface area (Å²) in [6.45, 7) is 1.07. The fraction of sp³-hybridized carbons (Fsp3) is 0.368. The number of Topliss-reactive ketones (excluding diaryl/α,β-unsaturated/α-hetero) is 1. The van der Waals surface area contributed by atoms with E-state index in [4.69, 9.17) is 4.74 Å². The lowest BCUT2D eigenvalue weighted by molar-refractivity contribution is 0.102. The summed E-state index contributed by atoms with van der Waals surface area (Å²) in [5.41, 5.74) is 0.245. The normalized spacial score (nSPS) is 15.4. The van der Waals surface area contributed by atoms with Gasteiger partial charge in [0.05, 0.1) is 17.9 Å². The molecule has 150 valence electrons. The molecule has 0 atom stereocenters. The Morgan fingerprint density at radius 1 is 1.21 bits per heavy atom. The number of ketones is 1. The van der Waals surface area contributed by atoms with Crippen LogP contribution in [0.25, 0.3) is 0 Å². The molecule has 1 saturated heterocycles. The molecule has 1 aromatic carbocycles. The number of ether oxygens (including phenoxy) is 1. The number of sulfonamides is 1. The lowest BCUT2D eigenvalue weighted by atomic mass is 10.1. The number of rotatable bonds is 7. The molecule has 1 fully saturated rings. The van der Waals surface area contributed by atoms with E-state index in [0.717, 1.165) is 25.3 Å². The summed E-state index contributed by atoms with van der Waals surface area (Å²) in [5.74, 6) is -0.699. The van der Waals surface area contributed by atoms with Crippen LogP contribution < -0.4 is 4.74 Å². The highest BCUT2D eigenvalue weighted by atomic mass is 32.2. The van der Waals surface area contributed by atoms with Crippen molar-refractivity contribution in [3.05, 3.63) is 47.9 Å². The van der Waals surface area contributed by atoms with Crippen molar-refractivity contribution in [3.63, 3.8) is 0 Å². The predicted molar refractivity (Wildman–Crippen MR) is 105 cm³/mol. The molecule has 0 spiro atoms. The van der Waals surface area contributed by atoms with E-state index in [2.05, 4.69) is 4.98 Å².